The molecular weight excluding hydrogens is 2010 g/mol. The van der Waals surface area contributed by atoms with Gasteiger partial charge in [-0.1, -0.05) is 125 Å². The van der Waals surface area contributed by atoms with Crippen molar-refractivity contribution in [2.24, 2.45) is 4.88 Å². The smallest absolute Gasteiger partial charge is 0.338 e. The summed E-state index contributed by atoms with van der Waals surface area (Å²) < 4.78 is 19.6. The number of nitrogens with zero attached hydrogens (tertiary/aromatic N) is 10. The number of thiophene rings is 3. The predicted molar refractivity (Wildman–Crippen MR) is 575 cm³/mol. The summed E-state index contributed by atoms with van der Waals surface area (Å²) in [5, 5.41) is 32.5. The number of aromatic amines is 2. The lowest BCUT2D eigenvalue weighted by molar-refractivity contribution is 0.00687. The van der Waals surface area contributed by atoms with Crippen LogP contribution in [-0.2, 0) is 29.7 Å². The Hall–Kier alpha value is -14.4. The number of carbonyl (C=O) groups excluding carboxylic acids is 3. The number of aromatic carboxylic acids is 2. The van der Waals surface area contributed by atoms with E-state index in [1.807, 2.05) is 152 Å². The number of hydrogen-bond donors (Lipinski definition) is 10. The van der Waals surface area contributed by atoms with Crippen molar-refractivity contribution >= 4 is 230 Å². The Labute approximate surface area is 835 Å². The molecular formula is C97H87BrN18O12P2S8. The van der Waals surface area contributed by atoms with Gasteiger partial charge in [-0.05, 0) is 300 Å². The van der Waals surface area contributed by atoms with Crippen LogP contribution >= 0.6 is 126 Å². The Morgan fingerprint density at radius 2 is 0.913 bits per heavy atom. The molecule has 0 saturated carbocycles. The van der Waals surface area contributed by atoms with E-state index < -0.39 is 25.9 Å². The van der Waals surface area contributed by atoms with Crippen molar-refractivity contribution in [1.82, 2.24) is 41.2 Å². The second-order valence-corrected chi connectivity index (χ2v) is 38.5. The molecule has 0 radical (unpaired) electrons. The Morgan fingerprint density at radius 1 is 0.507 bits per heavy atom. The number of esters is 1. The summed E-state index contributed by atoms with van der Waals surface area (Å²) in [7, 11) is 0.864. The quantitative estimate of drug-likeness (QED) is 0.00557. The molecule has 0 aliphatic carbocycles. The maximum absolute atomic E-state index is 12.8. The minimum atomic E-state index is -1.23. The topological polar surface area (TPSA) is 478 Å². The molecule has 702 valence electrons. The standard InChI is InChI=1S/2C24H18N4O2S2.C14H10N2O3S.C12H15BrO2.C10H10N2S.C6H4N2OS.C6H5NO2S.CH4.H3N3P2/c25-19-13-17(21-4-2-12-31-21)9-10-20(19)27-22(29)16-7-5-15(6-8-16)14-28-24(30)18-3-1-11-26-23(18)32-28;25-19-10-9-17(21-4-2-12-31-21)13-20(19)27-22(29)16-7-5-15(6-8-16)14-28-24(30)18-3-1-11-26-23(18)32-28;17-13-11-2-1-7-15-12(11)20-16(13)8-9-3-5-10(6-4-9)14(18)19;1-12(2,3)15-11(14)10-6-4-9(8-13)5-7-10;11-8-4-3-7(6-9(8)12)10-2-1-5-13-10;9-5-4-2-1-3-7-6(4)10-8-5;8-6(9)4-2-1-3-7-5(4)10;;1-2-3-5-4/h2*1-13H,14,25H2,(H,27,29);1-7H,8H2,(H,18,19);4-7H,8H2,1-3H3;1-6H,11-12H2;1-3H,(H,8,9);1-3H,(H,7,10)(H,8,9);1H4;5H,4H2/i;;;;;;;;5D. The molecule has 0 bridgehead atoms. The second kappa shape index (κ2) is 50.4. The summed E-state index contributed by atoms with van der Waals surface area (Å²) >= 11 is 18.2. The van der Waals surface area contributed by atoms with E-state index in [-0.39, 0.29) is 63.2 Å². The van der Waals surface area contributed by atoms with Crippen LogP contribution in [-0.4, -0.2) is 88.0 Å². The van der Waals surface area contributed by atoms with Gasteiger partial charge in [0.2, 0.25) is 0 Å². The highest BCUT2D eigenvalue weighted by Gasteiger charge is 2.20. The SMILES string of the molecule is C.CC(C)(C)OC(=O)c1ccc(CBr)cc1.Nc1cc(-c2cccs2)ccc1NC(=O)c1ccc(Cn2sc3ncccc3c2=O)cc1.Nc1ccc(-c2cccs2)cc1N.Nc1ccc(-c2cccs2)cc1NC(=O)c1ccc(Cn2sc3ncccc3c2=O)cc1.O=C(O)c1ccc(Cn2sc3ncccc3c2=O)cc1.O=C(O)c1ccc[nH]c1=S.O=c1[nH]sc2ncccc12.[2H]P(P)N=[N+]=[N-]. The maximum Gasteiger partial charge on any atom is 0.338 e. The molecule has 0 spiro atoms. The van der Waals surface area contributed by atoms with E-state index in [1.165, 1.54) is 69.2 Å². The van der Waals surface area contributed by atoms with Gasteiger partial charge in [-0.15, -0.1) is 42.9 Å². The number of hydrogen-bond acceptors (Lipinski definition) is 27. The van der Waals surface area contributed by atoms with E-state index in [2.05, 4.69) is 80.6 Å². The van der Waals surface area contributed by atoms with Gasteiger partial charge < -0.3 is 53.5 Å². The first-order valence-corrected chi connectivity index (χ1v) is 50.5. The summed E-state index contributed by atoms with van der Waals surface area (Å²) in [6, 6.07) is 74.5. The molecule has 0 aliphatic heterocycles. The summed E-state index contributed by atoms with van der Waals surface area (Å²) in [4.78, 5) is 137. The predicted octanol–water partition coefficient (Wildman–Crippen LogP) is 23.2. The fourth-order valence-corrected chi connectivity index (χ4v) is 18.9. The number of nitrogens with one attached hydrogen (secondary N) is 4. The number of H-pyrrole nitrogens is 2. The molecule has 0 aliphatic rings. The molecule has 2 atom stereocenters. The average Bonchev–Trinajstić information content (AvgIpc) is 1.78. The molecule has 0 saturated heterocycles. The van der Waals surface area contributed by atoms with Crippen LogP contribution in [0.15, 0.2) is 320 Å². The third-order valence-electron chi connectivity index (χ3n) is 19.1. The number of benzene rings is 7. The van der Waals surface area contributed by atoms with Crippen molar-refractivity contribution in [3.8, 4) is 31.3 Å². The van der Waals surface area contributed by atoms with Crippen molar-refractivity contribution in [2.45, 2.75) is 58.8 Å². The number of ether oxygens (including phenoxy) is 1. The van der Waals surface area contributed by atoms with Crippen molar-refractivity contribution in [3.05, 3.63) is 402 Å². The van der Waals surface area contributed by atoms with Gasteiger partial charge in [-0.2, -0.15) is 0 Å². The molecule has 41 heteroatoms. The van der Waals surface area contributed by atoms with Crippen LogP contribution in [0.5, 0.6) is 0 Å². The zero-order chi connectivity index (χ0) is 98.5. The highest BCUT2D eigenvalue weighted by atomic mass is 79.9. The molecule has 19 rings (SSSR count). The number of azide groups is 1. The van der Waals surface area contributed by atoms with Crippen LogP contribution in [0.1, 0.15) is 102 Å². The number of pyridine rings is 5. The molecule has 2 amide bonds. The zero-order valence-electron chi connectivity index (χ0n) is 73.5. The minimum absolute atomic E-state index is 0. The summed E-state index contributed by atoms with van der Waals surface area (Å²) in [5.41, 5.74) is 42.9. The molecule has 12 heterocycles. The minimum Gasteiger partial charge on any atom is -0.478 e. The van der Waals surface area contributed by atoms with E-state index in [9.17, 15) is 43.2 Å². The Balaban J connectivity index is 0.000000160. The number of nitrogens with two attached hydrogens (primary N) is 4. The largest absolute Gasteiger partial charge is 0.478 e. The molecule has 30 nitrogen and oxygen atoms in total. The number of amides is 2. The van der Waals surface area contributed by atoms with Crippen LogP contribution < -0.4 is 55.8 Å². The zero-order valence-corrected chi connectivity index (χ0v) is 82.7. The summed E-state index contributed by atoms with van der Waals surface area (Å²) in [6.45, 7) is 6.85. The molecule has 14 N–H and O–H groups in total. The maximum atomic E-state index is 12.8. The van der Waals surface area contributed by atoms with Gasteiger partial charge in [0.1, 0.15) is 29.6 Å². The Bertz CT molecular complexity index is 7820. The van der Waals surface area contributed by atoms with E-state index in [4.69, 9.17) is 56.9 Å². The van der Waals surface area contributed by atoms with Crippen molar-refractivity contribution in [2.75, 3.05) is 33.6 Å². The van der Waals surface area contributed by atoms with Crippen LogP contribution in [0.25, 0.3) is 82.6 Å². The van der Waals surface area contributed by atoms with Gasteiger partial charge >= 0.3 is 17.9 Å². The van der Waals surface area contributed by atoms with Gasteiger partial charge in [0.15, 0.2) is 0 Å². The van der Waals surface area contributed by atoms with Gasteiger partial charge in [0, 0.05) is 67.0 Å². The molecule has 19 aromatic rings. The third kappa shape index (κ3) is 29.1. The number of rotatable bonds is 18. The Kier molecular flexibility index (Phi) is 37.4. The highest BCUT2D eigenvalue weighted by molar-refractivity contribution is 9.08. The third-order valence-corrected chi connectivity index (χ3v) is 27.2. The average molecular weight is 2100 g/mol. The van der Waals surface area contributed by atoms with E-state index >= 15 is 0 Å². The molecule has 2 unspecified atom stereocenters. The van der Waals surface area contributed by atoms with Crippen LogP contribution in [0.3, 0.4) is 0 Å². The first-order valence-electron chi connectivity index (χ1n) is 41.2. The number of anilines is 6. The number of aromatic nitrogens is 9. The van der Waals surface area contributed by atoms with Crippen molar-refractivity contribution < 1.29 is 38.9 Å². The Morgan fingerprint density at radius 3 is 1.28 bits per heavy atom. The lowest BCUT2D eigenvalue weighted by atomic mass is 10.1. The highest BCUT2D eigenvalue weighted by Crippen LogP contribution is 2.34. The molecule has 0 fully saturated rings. The number of carbonyl (C=O) groups is 5. The van der Waals surface area contributed by atoms with Crippen molar-refractivity contribution in [1.29, 1.82) is 1.28 Å². The van der Waals surface area contributed by atoms with Crippen LogP contribution in [0.4, 0.5) is 34.1 Å². The fourth-order valence-electron chi connectivity index (χ4n) is 12.4. The van der Waals surface area contributed by atoms with Gasteiger partial charge in [-0.25, -0.2) is 34.3 Å². The monoisotopic (exact) mass is 2090 g/mol. The number of nitrogen functional groups attached to an aromatic ring is 4. The van der Waals surface area contributed by atoms with Crippen LogP contribution in [0, 0.1) is 4.64 Å². The molecule has 12 aromatic heterocycles. The first-order chi connectivity index (χ1) is 66.4. The number of halogens is 1. The van der Waals surface area contributed by atoms with Crippen LogP contribution in [0.2, 0.25) is 0 Å². The van der Waals surface area contributed by atoms with Gasteiger partial charge in [0.05, 0.1) is 93.3 Å². The van der Waals surface area contributed by atoms with Gasteiger partial charge in [-0.3, -0.25) is 45.0 Å². The number of fused-ring (bicyclic) bond motifs is 4. The number of carboxylic acid groups (broad SMARTS) is 2. The van der Waals surface area contributed by atoms with Gasteiger partial charge in [0.25, 0.3) is 34.1 Å². The summed E-state index contributed by atoms with van der Waals surface area (Å²) in [5.74, 6) is -2.71. The lowest BCUT2D eigenvalue weighted by Gasteiger charge is -2.19. The second-order valence-electron chi connectivity index (χ2n) is 29.8. The normalized spacial score (nSPS) is 10.8. The summed E-state index contributed by atoms with van der Waals surface area (Å²) in [6.07, 6.45) is 8.28. The number of carboxylic acids is 2. The van der Waals surface area contributed by atoms with E-state index in [1.54, 1.807) is 186 Å². The molecule has 138 heavy (non-hydrogen) atoms. The number of alkyl halides is 1. The van der Waals surface area contributed by atoms with Crippen molar-refractivity contribution in [3.63, 3.8) is 0 Å². The van der Waals surface area contributed by atoms with E-state index in [0.29, 0.717) is 96.8 Å². The lowest BCUT2D eigenvalue weighted by Crippen LogP contribution is -2.23. The first kappa shape index (κ1) is 103. The fraction of sp³-hybridized carbons (Fsp3) is 0.0928. The molecule has 7 aromatic carbocycles. The van der Waals surface area contributed by atoms with E-state index in [0.717, 1.165) is 68.5 Å².